The lowest BCUT2D eigenvalue weighted by Gasteiger charge is -2.26. The first-order valence-electron chi connectivity index (χ1n) is 7.14. The van der Waals surface area contributed by atoms with Gasteiger partial charge in [-0.05, 0) is 23.8 Å². The van der Waals surface area contributed by atoms with E-state index in [-0.39, 0.29) is 22.3 Å². The van der Waals surface area contributed by atoms with Crippen molar-refractivity contribution in [3.63, 3.8) is 0 Å². The van der Waals surface area contributed by atoms with Crippen molar-refractivity contribution in [2.75, 3.05) is 32.9 Å². The second-order valence-corrected chi connectivity index (χ2v) is 5.35. The van der Waals surface area contributed by atoms with Crippen molar-refractivity contribution in [2.45, 2.75) is 0 Å². The molecule has 2 rings (SSSR count). The highest BCUT2D eigenvalue weighted by atomic mass is 35.5. The topological polar surface area (TPSA) is 99.9 Å². The van der Waals surface area contributed by atoms with Crippen molar-refractivity contribution in [1.29, 1.82) is 5.26 Å². The fourth-order valence-electron chi connectivity index (χ4n) is 2.11. The molecule has 1 aliphatic heterocycles. The summed E-state index contributed by atoms with van der Waals surface area (Å²) in [6.45, 7) is 1.28. The predicted molar refractivity (Wildman–Crippen MR) is 85.6 cm³/mol. The van der Waals surface area contributed by atoms with E-state index in [0.717, 1.165) is 0 Å². The monoisotopic (exact) mass is 350 g/mol. The Bertz CT molecular complexity index is 705. The molecular formula is C16H15ClN2O5. The van der Waals surface area contributed by atoms with Crippen LogP contribution in [-0.4, -0.2) is 54.8 Å². The Morgan fingerprint density at radius 1 is 1.42 bits per heavy atom. The molecule has 0 unspecified atom stereocenters. The Morgan fingerprint density at radius 3 is 2.71 bits per heavy atom. The van der Waals surface area contributed by atoms with Crippen molar-refractivity contribution in [3.8, 4) is 11.8 Å². The number of hydrogen-bond donors (Lipinski definition) is 1. The van der Waals surface area contributed by atoms with Gasteiger partial charge in [0.15, 0.2) is 6.61 Å². The third kappa shape index (κ3) is 4.72. The molecule has 0 radical (unpaired) electrons. The molecule has 1 fully saturated rings. The van der Waals surface area contributed by atoms with Crippen LogP contribution >= 0.6 is 11.6 Å². The number of carbonyl (C=O) groups is 2. The first kappa shape index (κ1) is 17.8. The van der Waals surface area contributed by atoms with Crippen LogP contribution in [0.3, 0.4) is 0 Å². The Kier molecular flexibility index (Phi) is 6.18. The van der Waals surface area contributed by atoms with Crippen molar-refractivity contribution >= 4 is 29.6 Å². The summed E-state index contributed by atoms with van der Waals surface area (Å²) in [5, 5.41) is 18.0. The van der Waals surface area contributed by atoms with Gasteiger partial charge in [-0.1, -0.05) is 17.7 Å². The second kappa shape index (κ2) is 8.34. The lowest BCUT2D eigenvalue weighted by Crippen LogP contribution is -2.41. The van der Waals surface area contributed by atoms with E-state index < -0.39 is 12.6 Å². The number of nitriles is 1. The number of halogens is 1. The lowest BCUT2D eigenvalue weighted by molar-refractivity contribution is -0.139. The van der Waals surface area contributed by atoms with E-state index in [1.165, 1.54) is 18.2 Å². The molecular weight excluding hydrogens is 336 g/mol. The van der Waals surface area contributed by atoms with Gasteiger partial charge in [-0.3, -0.25) is 4.79 Å². The maximum atomic E-state index is 12.3. The average molecular weight is 351 g/mol. The van der Waals surface area contributed by atoms with Crippen LogP contribution in [0.15, 0.2) is 23.8 Å². The summed E-state index contributed by atoms with van der Waals surface area (Å²) in [6, 6.07) is 6.48. The van der Waals surface area contributed by atoms with Gasteiger partial charge in [-0.25, -0.2) is 4.79 Å². The molecule has 0 aliphatic carbocycles. The molecule has 1 aromatic rings. The minimum Gasteiger partial charge on any atom is -0.480 e. The van der Waals surface area contributed by atoms with E-state index in [1.807, 2.05) is 6.07 Å². The molecule has 1 aliphatic rings. The highest BCUT2D eigenvalue weighted by Gasteiger charge is 2.20. The standard InChI is InChI=1S/C16H15ClN2O5/c17-13-8-11(1-2-14(13)24-10-15(20)21)7-12(9-18)16(22)19-3-5-23-6-4-19/h1-2,7-8H,3-6,10H2,(H,20,21). The quantitative estimate of drug-likeness (QED) is 0.639. The molecule has 24 heavy (non-hydrogen) atoms. The average Bonchev–Trinajstić information content (AvgIpc) is 2.59. The fraction of sp³-hybridized carbons (Fsp3) is 0.312. The number of nitrogens with zero attached hydrogens (tertiary/aromatic N) is 2. The van der Waals surface area contributed by atoms with Gasteiger partial charge in [0.25, 0.3) is 5.91 Å². The number of amides is 1. The highest BCUT2D eigenvalue weighted by Crippen LogP contribution is 2.26. The summed E-state index contributed by atoms with van der Waals surface area (Å²) in [5.41, 5.74) is 0.535. The smallest absolute Gasteiger partial charge is 0.341 e. The molecule has 1 amide bonds. The molecule has 1 heterocycles. The first-order chi connectivity index (χ1) is 11.5. The van der Waals surface area contributed by atoms with E-state index in [1.54, 1.807) is 11.0 Å². The van der Waals surface area contributed by atoms with Gasteiger partial charge in [0, 0.05) is 13.1 Å². The SMILES string of the molecule is N#CC(=Cc1ccc(OCC(=O)O)c(Cl)c1)C(=O)N1CCOCC1. The minimum absolute atomic E-state index is 0.00725. The summed E-state index contributed by atoms with van der Waals surface area (Å²) in [5.74, 6) is -1.25. The van der Waals surface area contributed by atoms with Crippen LogP contribution in [0.2, 0.25) is 5.02 Å². The van der Waals surface area contributed by atoms with Gasteiger partial charge >= 0.3 is 5.97 Å². The van der Waals surface area contributed by atoms with E-state index in [4.69, 9.17) is 26.2 Å². The zero-order chi connectivity index (χ0) is 17.5. The molecule has 0 aromatic heterocycles. The number of morpholine rings is 1. The third-order valence-electron chi connectivity index (χ3n) is 3.27. The summed E-state index contributed by atoms with van der Waals surface area (Å²) >= 11 is 6.03. The number of rotatable bonds is 5. The Hall–Kier alpha value is -2.56. The lowest BCUT2D eigenvalue weighted by atomic mass is 10.1. The van der Waals surface area contributed by atoms with E-state index >= 15 is 0 Å². The van der Waals surface area contributed by atoms with E-state index in [0.29, 0.717) is 31.9 Å². The van der Waals surface area contributed by atoms with Crippen LogP contribution in [-0.2, 0) is 14.3 Å². The summed E-state index contributed by atoms with van der Waals surface area (Å²) in [4.78, 5) is 24.4. The highest BCUT2D eigenvalue weighted by molar-refractivity contribution is 6.32. The predicted octanol–water partition coefficient (Wildman–Crippen LogP) is 1.57. The van der Waals surface area contributed by atoms with Crippen LogP contribution in [0.5, 0.6) is 5.75 Å². The zero-order valence-corrected chi connectivity index (χ0v) is 13.5. The van der Waals surface area contributed by atoms with Crippen LogP contribution in [0.25, 0.3) is 6.08 Å². The third-order valence-corrected chi connectivity index (χ3v) is 3.56. The second-order valence-electron chi connectivity index (χ2n) is 4.95. The van der Waals surface area contributed by atoms with Crippen molar-refractivity contribution in [1.82, 2.24) is 4.90 Å². The largest absolute Gasteiger partial charge is 0.480 e. The molecule has 8 heteroatoms. The number of carboxylic acids is 1. The Morgan fingerprint density at radius 2 is 2.12 bits per heavy atom. The maximum Gasteiger partial charge on any atom is 0.341 e. The van der Waals surface area contributed by atoms with E-state index in [9.17, 15) is 14.9 Å². The van der Waals surface area contributed by atoms with Gasteiger partial charge in [-0.15, -0.1) is 0 Å². The molecule has 7 nitrogen and oxygen atoms in total. The number of carbonyl (C=O) groups excluding carboxylic acids is 1. The molecule has 1 aromatic carbocycles. The van der Waals surface area contributed by atoms with Gasteiger partial charge in [-0.2, -0.15) is 5.26 Å². The number of ether oxygens (including phenoxy) is 2. The van der Waals surface area contributed by atoms with Crippen LogP contribution in [0.4, 0.5) is 0 Å². The zero-order valence-electron chi connectivity index (χ0n) is 12.7. The number of hydrogen-bond acceptors (Lipinski definition) is 5. The molecule has 0 bridgehead atoms. The fourth-order valence-corrected chi connectivity index (χ4v) is 2.35. The van der Waals surface area contributed by atoms with Crippen LogP contribution in [0, 0.1) is 11.3 Å². The van der Waals surface area contributed by atoms with Crippen LogP contribution < -0.4 is 4.74 Å². The molecule has 1 N–H and O–H groups in total. The summed E-state index contributed by atoms with van der Waals surface area (Å²) in [6.07, 6.45) is 1.44. The Balaban J connectivity index is 2.15. The molecule has 0 saturated carbocycles. The molecule has 0 atom stereocenters. The van der Waals surface area contributed by atoms with Gasteiger partial charge in [0.1, 0.15) is 17.4 Å². The molecule has 126 valence electrons. The number of carboxylic acid groups (broad SMARTS) is 1. The van der Waals surface area contributed by atoms with Gasteiger partial charge in [0.05, 0.1) is 18.2 Å². The molecule has 0 spiro atoms. The summed E-state index contributed by atoms with van der Waals surface area (Å²) < 4.78 is 10.2. The van der Waals surface area contributed by atoms with Gasteiger partial charge in [0.2, 0.25) is 0 Å². The van der Waals surface area contributed by atoms with Crippen molar-refractivity contribution in [3.05, 3.63) is 34.4 Å². The minimum atomic E-state index is -1.11. The normalized spacial score (nSPS) is 14.8. The van der Waals surface area contributed by atoms with Crippen molar-refractivity contribution in [2.24, 2.45) is 0 Å². The van der Waals surface area contributed by atoms with Gasteiger partial charge < -0.3 is 19.5 Å². The summed E-state index contributed by atoms with van der Waals surface area (Å²) in [7, 11) is 0. The van der Waals surface area contributed by atoms with E-state index in [2.05, 4.69) is 0 Å². The first-order valence-corrected chi connectivity index (χ1v) is 7.52. The Labute approximate surface area is 143 Å². The van der Waals surface area contributed by atoms with Crippen molar-refractivity contribution < 1.29 is 24.2 Å². The number of benzene rings is 1. The number of aliphatic carboxylic acids is 1. The molecule has 1 saturated heterocycles. The maximum absolute atomic E-state index is 12.3. The van der Waals surface area contributed by atoms with Crippen LogP contribution in [0.1, 0.15) is 5.56 Å².